The van der Waals surface area contributed by atoms with Crippen molar-refractivity contribution in [1.29, 1.82) is 0 Å². The average molecular weight is 291 g/mol. The van der Waals surface area contributed by atoms with Crippen LogP contribution in [0.15, 0.2) is 6.33 Å². The lowest BCUT2D eigenvalue weighted by molar-refractivity contribution is 0.588. The molecule has 2 heterocycles. The van der Waals surface area contributed by atoms with Gasteiger partial charge in [-0.25, -0.2) is 18.1 Å². The highest BCUT2D eigenvalue weighted by Crippen LogP contribution is 2.18. The molecule has 0 aliphatic carbocycles. The number of aromatic amines is 1. The smallest absolute Gasteiger partial charge is 0.226 e. The van der Waals surface area contributed by atoms with Crippen LogP contribution in [0.4, 0.5) is 5.82 Å². The zero-order valence-corrected chi connectivity index (χ0v) is 11.0. The number of aromatic nitrogens is 4. The largest absolute Gasteiger partial charge is 0.367 e. The predicted octanol–water partition coefficient (Wildman–Crippen LogP) is -0.0326. The van der Waals surface area contributed by atoms with Crippen LogP contribution in [0.1, 0.15) is 0 Å². The van der Waals surface area contributed by atoms with Crippen LogP contribution in [-0.4, -0.2) is 47.7 Å². The van der Waals surface area contributed by atoms with Gasteiger partial charge in [0.15, 0.2) is 11.5 Å². The van der Waals surface area contributed by atoms with Crippen molar-refractivity contribution in [2.24, 2.45) is 0 Å². The lowest BCUT2D eigenvalue weighted by Crippen LogP contribution is -2.26. The minimum absolute atomic E-state index is 0.0496. The van der Waals surface area contributed by atoms with Gasteiger partial charge in [0, 0.05) is 6.54 Å². The van der Waals surface area contributed by atoms with Gasteiger partial charge < -0.3 is 10.3 Å². The molecule has 3 N–H and O–H groups in total. The van der Waals surface area contributed by atoms with Crippen molar-refractivity contribution in [3.05, 3.63) is 11.6 Å². The Balaban J connectivity index is 2.14. The Bertz CT molecular complexity index is 655. The summed E-state index contributed by atoms with van der Waals surface area (Å²) in [4.78, 5) is 14.7. The molecule has 0 radical (unpaired) electrons. The van der Waals surface area contributed by atoms with Crippen molar-refractivity contribution >= 4 is 38.6 Å². The molecule has 0 amide bonds. The van der Waals surface area contributed by atoms with Crippen LogP contribution in [0.25, 0.3) is 11.2 Å². The van der Waals surface area contributed by atoms with E-state index in [2.05, 4.69) is 30.0 Å². The van der Waals surface area contributed by atoms with E-state index in [9.17, 15) is 8.42 Å². The number of hydrogen-bond acceptors (Lipinski definition) is 6. The molecule has 2 aromatic heterocycles. The van der Waals surface area contributed by atoms with E-state index in [0.29, 0.717) is 17.0 Å². The molecular formula is C8H11ClN6O2S. The van der Waals surface area contributed by atoms with Crippen LogP contribution in [-0.2, 0) is 10.0 Å². The van der Waals surface area contributed by atoms with Gasteiger partial charge >= 0.3 is 0 Å². The van der Waals surface area contributed by atoms with E-state index in [-0.39, 0.29) is 17.6 Å². The summed E-state index contributed by atoms with van der Waals surface area (Å²) in [5.41, 5.74) is 1.01. The van der Waals surface area contributed by atoms with Crippen LogP contribution in [0.2, 0.25) is 5.28 Å². The average Bonchev–Trinajstić information content (AvgIpc) is 2.76. The second-order valence-electron chi connectivity index (χ2n) is 3.39. The van der Waals surface area contributed by atoms with E-state index < -0.39 is 10.0 Å². The quantitative estimate of drug-likeness (QED) is 0.667. The summed E-state index contributed by atoms with van der Waals surface area (Å²) in [6.45, 7) is 0.199. The van der Waals surface area contributed by atoms with E-state index in [4.69, 9.17) is 11.6 Å². The first-order chi connectivity index (χ1) is 8.52. The van der Waals surface area contributed by atoms with E-state index in [1.54, 1.807) is 0 Å². The second kappa shape index (κ2) is 5.04. The van der Waals surface area contributed by atoms with Crippen molar-refractivity contribution in [3.63, 3.8) is 0 Å². The fourth-order valence-electron chi connectivity index (χ4n) is 1.34. The van der Waals surface area contributed by atoms with Gasteiger partial charge in [-0.3, -0.25) is 0 Å². The Morgan fingerprint density at radius 3 is 2.94 bits per heavy atom. The molecule has 10 heteroatoms. The van der Waals surface area contributed by atoms with Crippen molar-refractivity contribution in [2.45, 2.75) is 0 Å². The normalized spacial score (nSPS) is 11.9. The van der Waals surface area contributed by atoms with Crippen LogP contribution in [0, 0.1) is 0 Å². The minimum atomic E-state index is -3.25. The molecule has 18 heavy (non-hydrogen) atoms. The second-order valence-corrected chi connectivity index (χ2v) is 5.78. The van der Waals surface area contributed by atoms with Gasteiger partial charge in [0.1, 0.15) is 5.52 Å². The number of hydrogen-bond donors (Lipinski definition) is 3. The number of imidazole rings is 1. The molecule has 8 nitrogen and oxygen atoms in total. The predicted molar refractivity (Wildman–Crippen MR) is 68.0 cm³/mol. The number of rotatable bonds is 5. The summed E-state index contributed by atoms with van der Waals surface area (Å²) in [7, 11) is -1.89. The number of fused-ring (bicyclic) bond motifs is 1. The van der Waals surface area contributed by atoms with Gasteiger partial charge in [0.05, 0.1) is 12.1 Å². The molecule has 0 bridgehead atoms. The summed E-state index contributed by atoms with van der Waals surface area (Å²) >= 11 is 5.73. The number of anilines is 1. The maximum absolute atomic E-state index is 11.2. The summed E-state index contributed by atoms with van der Waals surface area (Å²) < 4.78 is 24.7. The Labute approximate surface area is 108 Å². The van der Waals surface area contributed by atoms with Gasteiger partial charge in [-0.1, -0.05) is 0 Å². The van der Waals surface area contributed by atoms with Crippen molar-refractivity contribution in [2.75, 3.05) is 24.7 Å². The third-order valence-corrected chi connectivity index (χ3v) is 3.77. The summed E-state index contributed by atoms with van der Waals surface area (Å²) in [5.74, 6) is 0.356. The zero-order valence-electron chi connectivity index (χ0n) is 9.44. The standard InChI is InChI=1S/C8H11ClN6O2S/c1-10-18(16,17)3-2-11-6-5-7(13-4-12-5)15-8(9)14-6/h4,10H,2-3H2,1H3,(H2,11,12,13,14,15). The maximum Gasteiger partial charge on any atom is 0.226 e. The van der Waals surface area contributed by atoms with Crippen LogP contribution in [0.3, 0.4) is 0 Å². The van der Waals surface area contributed by atoms with Gasteiger partial charge in [-0.15, -0.1) is 0 Å². The van der Waals surface area contributed by atoms with Crippen molar-refractivity contribution in [1.82, 2.24) is 24.7 Å². The van der Waals surface area contributed by atoms with Crippen molar-refractivity contribution in [3.8, 4) is 0 Å². The summed E-state index contributed by atoms with van der Waals surface area (Å²) in [5, 5.41) is 2.93. The van der Waals surface area contributed by atoms with Gasteiger partial charge in [-0.05, 0) is 18.6 Å². The number of sulfonamides is 1. The van der Waals surface area contributed by atoms with E-state index in [1.807, 2.05) is 0 Å². The lowest BCUT2D eigenvalue weighted by atomic mass is 10.5. The maximum atomic E-state index is 11.2. The molecule has 0 unspecified atom stereocenters. The van der Waals surface area contributed by atoms with E-state index >= 15 is 0 Å². The highest BCUT2D eigenvalue weighted by molar-refractivity contribution is 7.89. The Hall–Kier alpha value is -1.45. The molecule has 0 atom stereocenters. The lowest BCUT2D eigenvalue weighted by Gasteiger charge is -2.06. The molecule has 2 aromatic rings. The molecule has 0 spiro atoms. The molecule has 0 saturated carbocycles. The molecule has 0 aliphatic heterocycles. The molecular weight excluding hydrogens is 280 g/mol. The van der Waals surface area contributed by atoms with Gasteiger partial charge in [0.2, 0.25) is 15.3 Å². The van der Waals surface area contributed by atoms with Gasteiger partial charge in [0.25, 0.3) is 0 Å². The molecule has 0 aliphatic rings. The molecule has 0 fully saturated rings. The topological polar surface area (TPSA) is 113 Å². The SMILES string of the molecule is CNS(=O)(=O)CCNc1nc(Cl)nc2nc[nH]c12. The fourth-order valence-corrected chi connectivity index (χ4v) is 2.08. The highest BCUT2D eigenvalue weighted by atomic mass is 35.5. The van der Waals surface area contributed by atoms with E-state index in [0.717, 1.165) is 0 Å². The highest BCUT2D eigenvalue weighted by Gasteiger charge is 2.10. The molecule has 98 valence electrons. The Kier molecular flexibility index (Phi) is 3.64. The van der Waals surface area contributed by atoms with E-state index in [1.165, 1.54) is 13.4 Å². The summed E-state index contributed by atoms with van der Waals surface area (Å²) in [6.07, 6.45) is 1.46. The molecule has 0 saturated heterocycles. The third kappa shape index (κ3) is 2.86. The van der Waals surface area contributed by atoms with Gasteiger partial charge in [-0.2, -0.15) is 9.97 Å². The van der Waals surface area contributed by atoms with Crippen molar-refractivity contribution < 1.29 is 8.42 Å². The molecule has 2 rings (SSSR count). The zero-order chi connectivity index (χ0) is 13.2. The first-order valence-electron chi connectivity index (χ1n) is 5.03. The monoisotopic (exact) mass is 290 g/mol. The van der Waals surface area contributed by atoms with Crippen LogP contribution >= 0.6 is 11.6 Å². The van der Waals surface area contributed by atoms with Crippen LogP contribution < -0.4 is 10.0 Å². The summed E-state index contributed by atoms with van der Waals surface area (Å²) in [6, 6.07) is 0. The van der Waals surface area contributed by atoms with Crippen LogP contribution in [0.5, 0.6) is 0 Å². The minimum Gasteiger partial charge on any atom is -0.367 e. The molecule has 0 aromatic carbocycles. The Morgan fingerprint density at radius 1 is 1.44 bits per heavy atom. The number of halogens is 1. The first kappa shape index (κ1) is 13.0. The number of nitrogens with one attached hydrogen (secondary N) is 3. The third-order valence-electron chi connectivity index (χ3n) is 2.23. The number of nitrogens with zero attached hydrogens (tertiary/aromatic N) is 3. The Morgan fingerprint density at radius 2 is 2.22 bits per heavy atom. The fraction of sp³-hybridized carbons (Fsp3) is 0.375. The number of H-pyrrole nitrogens is 1. The first-order valence-corrected chi connectivity index (χ1v) is 7.06.